The number of nitrogens with zero attached hydrogens (tertiary/aromatic N) is 5. The van der Waals surface area contributed by atoms with Gasteiger partial charge in [0.25, 0.3) is 0 Å². The van der Waals surface area contributed by atoms with Crippen molar-refractivity contribution in [2.24, 2.45) is 0 Å². The van der Waals surface area contributed by atoms with Gasteiger partial charge in [-0.15, -0.1) is 5.10 Å². The van der Waals surface area contributed by atoms with E-state index in [4.69, 9.17) is 6.57 Å². The van der Waals surface area contributed by atoms with Crippen LogP contribution in [-0.2, 0) is 17.9 Å². The van der Waals surface area contributed by atoms with E-state index in [1.165, 1.54) is 21.7 Å². The third-order valence-electron chi connectivity index (χ3n) is 4.56. The van der Waals surface area contributed by atoms with Gasteiger partial charge in [-0.05, 0) is 42.0 Å². The molecule has 0 aliphatic carbocycles. The van der Waals surface area contributed by atoms with Crippen molar-refractivity contribution in [3.8, 4) is 0 Å². The first-order valence-electron chi connectivity index (χ1n) is 9.04. The predicted octanol–water partition coefficient (Wildman–Crippen LogP) is 4.49. The normalized spacial score (nSPS) is 10.7. The first-order valence-corrected chi connectivity index (χ1v) is 9.04. The molecular weight excluding hydrogens is 388 g/mol. The molecule has 0 saturated heterocycles. The molecule has 0 atom stereocenters. The molecule has 0 N–H and O–H groups in total. The van der Waals surface area contributed by atoms with E-state index in [9.17, 15) is 13.6 Å². The Morgan fingerprint density at radius 1 is 1.03 bits per heavy atom. The SMILES string of the molecule is [C-]#[N+]c1ccc(N(Cc2cc(F)cc(F)c2)C(=O)Cn2nnc3ccccc32)cc1. The second-order valence-electron chi connectivity index (χ2n) is 6.62. The Kier molecular flexibility index (Phi) is 5.18. The topological polar surface area (TPSA) is 55.4 Å². The first kappa shape index (κ1) is 19.2. The fourth-order valence-electron chi connectivity index (χ4n) is 3.16. The van der Waals surface area contributed by atoms with Crippen molar-refractivity contribution < 1.29 is 13.6 Å². The zero-order valence-corrected chi connectivity index (χ0v) is 15.7. The molecule has 0 unspecified atom stereocenters. The van der Waals surface area contributed by atoms with Gasteiger partial charge in [-0.2, -0.15) is 0 Å². The van der Waals surface area contributed by atoms with Gasteiger partial charge < -0.3 is 4.90 Å². The zero-order chi connectivity index (χ0) is 21.1. The highest BCUT2D eigenvalue weighted by Gasteiger charge is 2.19. The number of carbonyl (C=O) groups excluding carboxylic acids is 1. The summed E-state index contributed by atoms with van der Waals surface area (Å²) in [6.07, 6.45) is 0. The summed E-state index contributed by atoms with van der Waals surface area (Å²) in [5.41, 5.74) is 2.58. The molecule has 0 saturated carbocycles. The summed E-state index contributed by atoms with van der Waals surface area (Å²) in [5.74, 6) is -1.78. The monoisotopic (exact) mass is 403 g/mol. The minimum Gasteiger partial charge on any atom is -0.306 e. The summed E-state index contributed by atoms with van der Waals surface area (Å²) in [7, 11) is 0. The lowest BCUT2D eigenvalue weighted by molar-refractivity contribution is -0.119. The molecule has 4 rings (SSSR count). The molecule has 0 aliphatic rings. The highest BCUT2D eigenvalue weighted by Crippen LogP contribution is 2.23. The van der Waals surface area contributed by atoms with Gasteiger partial charge in [0.2, 0.25) is 5.91 Å². The molecule has 0 bridgehead atoms. The molecule has 30 heavy (non-hydrogen) atoms. The summed E-state index contributed by atoms with van der Waals surface area (Å²) in [6, 6.07) is 16.8. The van der Waals surface area contributed by atoms with Crippen molar-refractivity contribution in [3.05, 3.63) is 95.3 Å². The zero-order valence-electron chi connectivity index (χ0n) is 15.7. The Labute approximate surface area is 170 Å². The molecule has 0 spiro atoms. The molecule has 0 radical (unpaired) electrons. The van der Waals surface area contributed by atoms with E-state index in [0.717, 1.165) is 6.07 Å². The van der Waals surface area contributed by atoms with E-state index in [0.29, 0.717) is 28.0 Å². The number of hydrogen-bond acceptors (Lipinski definition) is 3. The minimum atomic E-state index is -0.719. The number of halogens is 2. The van der Waals surface area contributed by atoms with E-state index in [1.807, 2.05) is 12.1 Å². The molecule has 0 aliphatic heterocycles. The Hall–Kier alpha value is -4.12. The second-order valence-corrected chi connectivity index (χ2v) is 6.62. The van der Waals surface area contributed by atoms with Crippen LogP contribution in [0, 0.1) is 18.2 Å². The lowest BCUT2D eigenvalue weighted by atomic mass is 10.1. The highest BCUT2D eigenvalue weighted by atomic mass is 19.1. The van der Waals surface area contributed by atoms with Crippen molar-refractivity contribution >= 4 is 28.3 Å². The molecule has 0 fully saturated rings. The van der Waals surface area contributed by atoms with E-state index in [1.54, 1.807) is 36.4 Å². The van der Waals surface area contributed by atoms with E-state index in [-0.39, 0.29) is 19.0 Å². The van der Waals surface area contributed by atoms with Gasteiger partial charge in [0, 0.05) is 11.8 Å². The molecule has 1 amide bonds. The standard InChI is InChI=1S/C22H15F2N5O/c1-25-18-6-8-19(9-7-18)28(13-15-10-16(23)12-17(24)11-15)22(30)14-29-21-5-3-2-4-20(21)26-27-29/h2-12H,13-14H2. The Bertz CT molecular complexity index is 1240. The van der Waals surface area contributed by atoms with Gasteiger partial charge in [-0.3, -0.25) is 4.79 Å². The van der Waals surface area contributed by atoms with Crippen molar-refractivity contribution in [1.82, 2.24) is 15.0 Å². The first-order chi connectivity index (χ1) is 14.5. The number of aromatic nitrogens is 3. The fraction of sp³-hybridized carbons (Fsp3) is 0.0909. The highest BCUT2D eigenvalue weighted by molar-refractivity contribution is 5.94. The molecule has 1 heterocycles. The number of carbonyl (C=O) groups is 1. The van der Waals surface area contributed by atoms with E-state index < -0.39 is 11.6 Å². The summed E-state index contributed by atoms with van der Waals surface area (Å²) < 4.78 is 28.8. The van der Waals surface area contributed by atoms with Gasteiger partial charge >= 0.3 is 0 Å². The van der Waals surface area contributed by atoms with Crippen LogP contribution in [0.3, 0.4) is 0 Å². The number of benzene rings is 3. The number of fused-ring (bicyclic) bond motifs is 1. The quantitative estimate of drug-likeness (QED) is 0.461. The number of amides is 1. The average molecular weight is 403 g/mol. The molecule has 148 valence electrons. The van der Waals surface area contributed by atoms with Gasteiger partial charge in [0.05, 0.1) is 18.6 Å². The van der Waals surface area contributed by atoms with Crippen LogP contribution >= 0.6 is 0 Å². The van der Waals surface area contributed by atoms with Crippen molar-refractivity contribution in [2.45, 2.75) is 13.1 Å². The molecule has 6 nitrogen and oxygen atoms in total. The summed E-state index contributed by atoms with van der Waals surface area (Å²) in [4.78, 5) is 17.9. The number of rotatable bonds is 5. The van der Waals surface area contributed by atoms with Crippen molar-refractivity contribution in [2.75, 3.05) is 4.90 Å². The van der Waals surface area contributed by atoms with Crippen LogP contribution in [0.1, 0.15) is 5.56 Å². The van der Waals surface area contributed by atoms with Crippen LogP contribution in [0.2, 0.25) is 0 Å². The maximum absolute atomic E-state index is 13.7. The average Bonchev–Trinajstić information content (AvgIpc) is 3.14. The molecule has 8 heteroatoms. The Morgan fingerprint density at radius 2 is 1.73 bits per heavy atom. The Morgan fingerprint density at radius 3 is 2.43 bits per heavy atom. The van der Waals surface area contributed by atoms with Crippen LogP contribution in [0.25, 0.3) is 15.9 Å². The fourth-order valence-corrected chi connectivity index (χ4v) is 3.16. The number of para-hydroxylation sites is 1. The maximum Gasteiger partial charge on any atom is 0.249 e. The summed E-state index contributed by atoms with van der Waals surface area (Å²) in [6.45, 7) is 6.93. The van der Waals surface area contributed by atoms with Crippen LogP contribution in [-0.4, -0.2) is 20.9 Å². The van der Waals surface area contributed by atoms with Gasteiger partial charge in [-0.25, -0.2) is 18.3 Å². The van der Waals surface area contributed by atoms with Crippen LogP contribution < -0.4 is 4.90 Å². The van der Waals surface area contributed by atoms with E-state index >= 15 is 0 Å². The molecule has 4 aromatic rings. The largest absolute Gasteiger partial charge is 0.306 e. The van der Waals surface area contributed by atoms with Gasteiger partial charge in [0.1, 0.15) is 23.7 Å². The van der Waals surface area contributed by atoms with Gasteiger partial charge in [-0.1, -0.05) is 29.5 Å². The van der Waals surface area contributed by atoms with Crippen LogP contribution in [0.15, 0.2) is 66.7 Å². The number of hydrogen-bond donors (Lipinski definition) is 0. The van der Waals surface area contributed by atoms with Crippen molar-refractivity contribution in [3.63, 3.8) is 0 Å². The number of anilines is 1. The molecule has 3 aromatic carbocycles. The van der Waals surface area contributed by atoms with Crippen LogP contribution in [0.5, 0.6) is 0 Å². The minimum absolute atomic E-state index is 0.0441. The van der Waals surface area contributed by atoms with E-state index in [2.05, 4.69) is 15.2 Å². The van der Waals surface area contributed by atoms with Gasteiger partial charge in [0.15, 0.2) is 5.69 Å². The summed E-state index contributed by atoms with van der Waals surface area (Å²) in [5, 5.41) is 8.08. The lowest BCUT2D eigenvalue weighted by Crippen LogP contribution is -2.33. The predicted molar refractivity (Wildman–Crippen MR) is 108 cm³/mol. The lowest BCUT2D eigenvalue weighted by Gasteiger charge is -2.23. The maximum atomic E-state index is 13.7. The summed E-state index contributed by atoms with van der Waals surface area (Å²) >= 11 is 0. The Balaban J connectivity index is 1.68. The molecule has 1 aromatic heterocycles. The van der Waals surface area contributed by atoms with Crippen molar-refractivity contribution in [1.29, 1.82) is 0 Å². The second kappa shape index (κ2) is 8.09. The molecular formula is C22H15F2N5O. The van der Waals surface area contributed by atoms with Crippen LogP contribution in [0.4, 0.5) is 20.2 Å². The third-order valence-corrected chi connectivity index (χ3v) is 4.56. The third kappa shape index (κ3) is 4.00. The smallest absolute Gasteiger partial charge is 0.249 e.